The molecule has 0 amide bonds. The summed E-state index contributed by atoms with van der Waals surface area (Å²) in [7, 11) is 9.82. The van der Waals surface area contributed by atoms with Crippen molar-refractivity contribution < 1.29 is 19.9 Å². The molecule has 188 valence electrons. The van der Waals surface area contributed by atoms with Crippen molar-refractivity contribution in [3.8, 4) is 5.75 Å². The topological polar surface area (TPSA) is 9.23 Å². The summed E-state index contributed by atoms with van der Waals surface area (Å²) < 4.78 is 6.18. The molecule has 0 aromatic heterocycles. The van der Waals surface area contributed by atoms with Gasteiger partial charge < -0.3 is 4.74 Å². The van der Waals surface area contributed by atoms with Gasteiger partial charge in [-0.1, -0.05) is 82.7 Å². The molecule has 0 bridgehead atoms. The number of benzene rings is 1. The Morgan fingerprint density at radius 3 is 1.97 bits per heavy atom. The standard InChI is InChI=1S/C28H43OP.2ClH.Ru/c1-22(2)29-27-19-11-9-13-23(27)21-24-14-10-12-20-28(24)30(25-15-5-3-6-16-25)26-17-7-4-8-18-26;;;/h9,11,13,19,21-22,25-26,28H,3-8,10,12,14-18,20H2,1-2H3;2*1H;/q;;;+2/p-2. The molecule has 1 aromatic carbocycles. The third-order valence-electron chi connectivity index (χ3n) is 7.60. The molecule has 0 radical (unpaired) electrons. The zero-order valence-electron chi connectivity index (χ0n) is 20.6. The molecule has 0 spiro atoms. The third-order valence-corrected chi connectivity index (χ3v) is 11.6. The van der Waals surface area contributed by atoms with E-state index in [-0.39, 0.29) is 29.2 Å². The number of hydrogen-bond acceptors (Lipinski definition) is 1. The number of rotatable bonds is 6. The number of para-hydroxylation sites is 1. The molecule has 4 rings (SSSR count). The zero-order valence-corrected chi connectivity index (χ0v) is 24.7. The summed E-state index contributed by atoms with van der Waals surface area (Å²) in [6, 6.07) is 8.74. The van der Waals surface area contributed by atoms with Crippen LogP contribution < -0.4 is 4.74 Å². The molecule has 3 saturated carbocycles. The Kier molecular flexibility index (Phi) is 13.1. The molecular formula is C28H43Cl2OPRu. The van der Waals surface area contributed by atoms with Gasteiger partial charge in [0.2, 0.25) is 0 Å². The Bertz CT molecular complexity index is 696. The third kappa shape index (κ3) is 8.78. The minimum atomic E-state index is -0.346. The summed E-state index contributed by atoms with van der Waals surface area (Å²) in [6.07, 6.45) is 23.5. The summed E-state index contributed by atoms with van der Waals surface area (Å²) >= 11 is -0.346. The molecule has 0 saturated heterocycles. The second kappa shape index (κ2) is 15.5. The first-order valence-electron chi connectivity index (χ1n) is 13.2. The second-order valence-corrected chi connectivity index (χ2v) is 15.9. The number of ether oxygens (including phenoxy) is 1. The number of hydrogen-bond donors (Lipinski definition) is 0. The van der Waals surface area contributed by atoms with E-state index < -0.39 is 0 Å². The van der Waals surface area contributed by atoms with E-state index >= 15 is 0 Å². The summed E-state index contributed by atoms with van der Waals surface area (Å²) in [5, 5.41) is 0. The number of halogens is 2. The van der Waals surface area contributed by atoms with Gasteiger partial charge in [-0.3, -0.25) is 0 Å². The number of allylic oxidation sites excluding steroid dienone is 1. The van der Waals surface area contributed by atoms with Gasteiger partial charge in [0.25, 0.3) is 0 Å². The van der Waals surface area contributed by atoms with Gasteiger partial charge in [-0.25, -0.2) is 0 Å². The van der Waals surface area contributed by atoms with Gasteiger partial charge in [-0.2, -0.15) is 0 Å². The van der Waals surface area contributed by atoms with E-state index in [1.807, 2.05) is 0 Å². The Labute approximate surface area is 220 Å². The Hall–Kier alpha value is 0.393. The van der Waals surface area contributed by atoms with Crippen LogP contribution >= 0.6 is 27.3 Å². The van der Waals surface area contributed by atoms with E-state index in [9.17, 15) is 0 Å². The van der Waals surface area contributed by atoms with Crippen LogP contribution in [0.3, 0.4) is 0 Å². The molecule has 1 aromatic rings. The van der Waals surface area contributed by atoms with Crippen molar-refractivity contribution in [2.75, 3.05) is 0 Å². The molecule has 0 aliphatic heterocycles. The summed E-state index contributed by atoms with van der Waals surface area (Å²) in [6.45, 7) is 4.28. The normalized spacial score (nSPS) is 24.2. The molecule has 3 aliphatic carbocycles. The average molecular weight is 599 g/mol. The van der Waals surface area contributed by atoms with Crippen molar-refractivity contribution in [2.24, 2.45) is 0 Å². The van der Waals surface area contributed by atoms with Crippen molar-refractivity contribution in [3.63, 3.8) is 0 Å². The van der Waals surface area contributed by atoms with Crippen molar-refractivity contribution in [1.29, 1.82) is 0 Å². The summed E-state index contributed by atoms with van der Waals surface area (Å²) in [5.74, 6) is 1.07. The van der Waals surface area contributed by atoms with Gasteiger partial charge >= 0.3 is 34.5 Å². The molecule has 3 fully saturated rings. The van der Waals surface area contributed by atoms with E-state index in [4.69, 9.17) is 24.1 Å². The van der Waals surface area contributed by atoms with Crippen LogP contribution in [0.5, 0.6) is 5.75 Å². The van der Waals surface area contributed by atoms with Crippen LogP contribution in [-0.4, -0.2) is 23.1 Å². The maximum atomic E-state index is 6.18. The first-order chi connectivity index (χ1) is 16.1. The van der Waals surface area contributed by atoms with E-state index in [2.05, 4.69) is 44.2 Å². The van der Waals surface area contributed by atoms with Crippen LogP contribution in [-0.2, 0) is 15.1 Å². The Morgan fingerprint density at radius 1 is 0.848 bits per heavy atom. The monoisotopic (exact) mass is 598 g/mol. The molecule has 1 unspecified atom stereocenters. The van der Waals surface area contributed by atoms with Crippen molar-refractivity contribution >= 4 is 33.4 Å². The van der Waals surface area contributed by atoms with Gasteiger partial charge in [-0.15, -0.1) is 0 Å². The molecule has 33 heavy (non-hydrogen) atoms. The Morgan fingerprint density at radius 2 is 1.39 bits per heavy atom. The molecule has 3 aliphatic rings. The van der Waals surface area contributed by atoms with Gasteiger partial charge in [-0.05, 0) is 76.2 Å². The molecule has 0 heterocycles. The molecule has 1 atom stereocenters. The van der Waals surface area contributed by atoms with Gasteiger partial charge in [0.1, 0.15) is 5.75 Å². The van der Waals surface area contributed by atoms with Crippen molar-refractivity contribution in [2.45, 2.75) is 127 Å². The van der Waals surface area contributed by atoms with Crippen LogP contribution in [0.1, 0.15) is 109 Å². The van der Waals surface area contributed by atoms with E-state index in [1.165, 1.54) is 95.5 Å². The van der Waals surface area contributed by atoms with Gasteiger partial charge in [0.15, 0.2) is 0 Å². The van der Waals surface area contributed by atoms with Crippen LogP contribution in [0.2, 0.25) is 0 Å². The predicted octanol–water partition coefficient (Wildman–Crippen LogP) is 10.3. The van der Waals surface area contributed by atoms with Crippen molar-refractivity contribution in [1.82, 2.24) is 0 Å². The van der Waals surface area contributed by atoms with Crippen LogP contribution in [0, 0.1) is 0 Å². The maximum absolute atomic E-state index is 6.18. The predicted molar refractivity (Wildman–Crippen MR) is 145 cm³/mol. The first kappa shape index (κ1) is 28.0. The molecule has 0 N–H and O–H groups in total. The van der Waals surface area contributed by atoms with Gasteiger partial charge in [0, 0.05) is 11.2 Å². The average Bonchev–Trinajstić information content (AvgIpc) is 2.83. The fraction of sp³-hybridized carbons (Fsp3) is 0.714. The zero-order chi connectivity index (χ0) is 23.5. The van der Waals surface area contributed by atoms with E-state index in [0.717, 1.165) is 22.7 Å². The van der Waals surface area contributed by atoms with Crippen LogP contribution in [0.25, 0.3) is 6.08 Å². The quantitative estimate of drug-likeness (QED) is 0.234. The minimum absolute atomic E-state index is 0.114. The SMILES string of the molecule is CC(C)Oc1ccccc1C=C1CCCCC1P(C1CCCCC1)C1CCCCC1.[Cl][Ru][Cl]. The fourth-order valence-corrected chi connectivity index (χ4v) is 10.9. The summed E-state index contributed by atoms with van der Waals surface area (Å²) in [5.41, 5.74) is 6.07. The van der Waals surface area contributed by atoms with Crippen molar-refractivity contribution in [3.05, 3.63) is 35.4 Å². The van der Waals surface area contributed by atoms with E-state index in [1.54, 1.807) is 5.57 Å². The van der Waals surface area contributed by atoms with Gasteiger partial charge in [0.05, 0.1) is 6.10 Å². The molecule has 1 nitrogen and oxygen atoms in total. The first-order valence-corrected chi connectivity index (χ1v) is 19.2. The molecular weight excluding hydrogens is 555 g/mol. The van der Waals surface area contributed by atoms with E-state index in [0.29, 0.717) is 0 Å². The van der Waals surface area contributed by atoms with Crippen LogP contribution in [0.15, 0.2) is 29.8 Å². The fourth-order valence-electron chi connectivity index (χ4n) is 6.25. The Balaban J connectivity index is 0.000000968. The van der Waals surface area contributed by atoms with Crippen LogP contribution in [0.4, 0.5) is 0 Å². The molecule has 5 heteroatoms. The summed E-state index contributed by atoms with van der Waals surface area (Å²) in [4.78, 5) is 0. The second-order valence-electron chi connectivity index (χ2n) is 10.3.